The first-order valence-corrected chi connectivity index (χ1v) is 16.3. The van der Waals surface area contributed by atoms with E-state index in [1.54, 1.807) is 6.20 Å². The van der Waals surface area contributed by atoms with E-state index in [4.69, 9.17) is 19.4 Å². The van der Waals surface area contributed by atoms with Crippen molar-refractivity contribution in [2.45, 2.75) is 0 Å². The lowest BCUT2D eigenvalue weighted by molar-refractivity contribution is 0.669. The van der Waals surface area contributed by atoms with Crippen molar-refractivity contribution in [3.8, 4) is 45.3 Å². The fraction of sp³-hybridized carbons (Fsp3) is 0. The van der Waals surface area contributed by atoms with Gasteiger partial charge in [0.15, 0.2) is 17.5 Å². The number of para-hydroxylation sites is 2. The number of hydrogen-bond acceptors (Lipinski definition) is 5. The highest BCUT2D eigenvalue weighted by Gasteiger charge is 2.19. The number of furan rings is 1. The summed E-state index contributed by atoms with van der Waals surface area (Å²) in [6.07, 6.45) is 1.81. The van der Waals surface area contributed by atoms with Crippen LogP contribution in [0, 0.1) is 0 Å². The van der Waals surface area contributed by atoms with Gasteiger partial charge >= 0.3 is 0 Å². The maximum atomic E-state index is 6.44. The van der Waals surface area contributed by atoms with Crippen molar-refractivity contribution >= 4 is 54.4 Å². The molecular weight excluding hydrogens is 601 g/mol. The molecule has 0 amide bonds. The molecule has 10 aromatic rings. The molecule has 3 heterocycles. The first kappa shape index (κ1) is 27.4. The molecule has 5 nitrogen and oxygen atoms in total. The van der Waals surface area contributed by atoms with Crippen LogP contribution in [0.3, 0.4) is 0 Å². The van der Waals surface area contributed by atoms with Crippen LogP contribution in [-0.4, -0.2) is 19.9 Å². The molecule has 0 N–H and O–H groups in total. The molecule has 49 heavy (non-hydrogen) atoms. The Morgan fingerprint density at radius 2 is 1.06 bits per heavy atom. The van der Waals surface area contributed by atoms with Gasteiger partial charge < -0.3 is 4.42 Å². The molecule has 5 heteroatoms. The minimum Gasteiger partial charge on any atom is -0.455 e. The molecule has 0 aliphatic carbocycles. The van der Waals surface area contributed by atoms with Crippen LogP contribution in [0.5, 0.6) is 0 Å². The fourth-order valence-corrected chi connectivity index (χ4v) is 7.09. The first-order valence-electron chi connectivity index (χ1n) is 16.3. The lowest BCUT2D eigenvalue weighted by Gasteiger charge is -2.13. The average molecular weight is 627 g/mol. The lowest BCUT2D eigenvalue weighted by Crippen LogP contribution is -2.01. The monoisotopic (exact) mass is 626 g/mol. The summed E-state index contributed by atoms with van der Waals surface area (Å²) in [5, 5.41) is 7.94. The highest BCUT2D eigenvalue weighted by atomic mass is 16.3. The van der Waals surface area contributed by atoms with Gasteiger partial charge in [-0.3, -0.25) is 4.98 Å². The molecule has 0 fully saturated rings. The number of aromatic nitrogens is 4. The molecule has 228 valence electrons. The van der Waals surface area contributed by atoms with Gasteiger partial charge in [0.25, 0.3) is 0 Å². The van der Waals surface area contributed by atoms with Gasteiger partial charge in [-0.05, 0) is 63.0 Å². The Hall–Kier alpha value is -6.72. The van der Waals surface area contributed by atoms with E-state index in [0.29, 0.717) is 17.5 Å². The van der Waals surface area contributed by atoms with E-state index in [1.165, 1.54) is 21.5 Å². The number of hydrogen-bond donors (Lipinski definition) is 0. The third-order valence-corrected chi connectivity index (χ3v) is 9.37. The van der Waals surface area contributed by atoms with E-state index >= 15 is 0 Å². The summed E-state index contributed by atoms with van der Waals surface area (Å²) in [5.74, 6) is 1.71. The summed E-state index contributed by atoms with van der Waals surface area (Å²) >= 11 is 0. The first-order chi connectivity index (χ1) is 24.3. The largest absolute Gasteiger partial charge is 0.455 e. The zero-order valence-corrected chi connectivity index (χ0v) is 26.2. The smallest absolute Gasteiger partial charge is 0.167 e. The molecule has 0 saturated carbocycles. The van der Waals surface area contributed by atoms with Crippen molar-refractivity contribution < 1.29 is 4.42 Å². The number of nitrogens with zero attached hydrogens (tertiary/aromatic N) is 4. The number of pyridine rings is 1. The van der Waals surface area contributed by atoms with Crippen LogP contribution >= 0.6 is 0 Å². The SMILES string of the molecule is c1cc(-c2nc(-c3cccc4ncccc34)nc(-c3cccc4c3oc3ccccc34)n2)cc(-c2cccc3ccc4ccccc4c23)c1. The van der Waals surface area contributed by atoms with Gasteiger partial charge in [0.05, 0.1) is 11.1 Å². The third kappa shape index (κ3) is 4.48. The summed E-state index contributed by atoms with van der Waals surface area (Å²) in [6, 6.07) is 52.3. The van der Waals surface area contributed by atoms with Crippen molar-refractivity contribution in [1.82, 2.24) is 19.9 Å². The number of benzene rings is 7. The van der Waals surface area contributed by atoms with Crippen LogP contribution in [0.4, 0.5) is 0 Å². The average Bonchev–Trinajstić information content (AvgIpc) is 3.56. The van der Waals surface area contributed by atoms with Crippen molar-refractivity contribution in [1.29, 1.82) is 0 Å². The zero-order chi connectivity index (χ0) is 32.3. The second-order valence-electron chi connectivity index (χ2n) is 12.2. The Kier molecular flexibility index (Phi) is 6.11. The lowest BCUT2D eigenvalue weighted by atomic mass is 9.93. The van der Waals surface area contributed by atoms with E-state index in [0.717, 1.165) is 60.7 Å². The Morgan fingerprint density at radius 3 is 2.02 bits per heavy atom. The van der Waals surface area contributed by atoms with Crippen LogP contribution in [-0.2, 0) is 0 Å². The van der Waals surface area contributed by atoms with Crippen LogP contribution in [0.1, 0.15) is 0 Å². The van der Waals surface area contributed by atoms with Gasteiger partial charge in [-0.1, -0.05) is 121 Å². The highest BCUT2D eigenvalue weighted by Crippen LogP contribution is 2.38. The Balaban J connectivity index is 1.22. The fourth-order valence-electron chi connectivity index (χ4n) is 7.09. The van der Waals surface area contributed by atoms with E-state index < -0.39 is 0 Å². The Morgan fingerprint density at radius 1 is 0.408 bits per heavy atom. The second-order valence-corrected chi connectivity index (χ2v) is 12.2. The molecule has 3 aromatic heterocycles. The van der Waals surface area contributed by atoms with Gasteiger partial charge in [0.2, 0.25) is 0 Å². The molecule has 0 atom stereocenters. The molecular formula is C44H26N4O. The summed E-state index contributed by atoms with van der Waals surface area (Å²) in [4.78, 5) is 20.0. The number of fused-ring (bicyclic) bond motifs is 7. The third-order valence-electron chi connectivity index (χ3n) is 9.37. The maximum Gasteiger partial charge on any atom is 0.167 e. The summed E-state index contributed by atoms with van der Waals surface area (Å²) < 4.78 is 6.44. The van der Waals surface area contributed by atoms with E-state index in [1.807, 2.05) is 54.6 Å². The van der Waals surface area contributed by atoms with Gasteiger partial charge in [-0.25, -0.2) is 15.0 Å². The predicted molar refractivity (Wildman–Crippen MR) is 199 cm³/mol. The van der Waals surface area contributed by atoms with Crippen molar-refractivity contribution in [3.63, 3.8) is 0 Å². The quantitative estimate of drug-likeness (QED) is 0.182. The maximum absolute atomic E-state index is 6.44. The minimum atomic E-state index is 0.548. The van der Waals surface area contributed by atoms with Crippen LogP contribution < -0.4 is 0 Å². The second kappa shape index (κ2) is 10.9. The zero-order valence-electron chi connectivity index (χ0n) is 26.2. The summed E-state index contributed by atoms with van der Waals surface area (Å²) in [6.45, 7) is 0. The van der Waals surface area contributed by atoms with E-state index in [9.17, 15) is 0 Å². The van der Waals surface area contributed by atoms with Crippen LogP contribution in [0.25, 0.3) is 99.7 Å². The highest BCUT2D eigenvalue weighted by molar-refractivity contribution is 6.14. The van der Waals surface area contributed by atoms with Gasteiger partial charge in [0.1, 0.15) is 11.2 Å². The minimum absolute atomic E-state index is 0.548. The molecule has 0 aliphatic rings. The molecule has 0 unspecified atom stereocenters. The van der Waals surface area contributed by atoms with Crippen LogP contribution in [0.2, 0.25) is 0 Å². The van der Waals surface area contributed by atoms with Gasteiger partial charge in [-0.15, -0.1) is 0 Å². The standard InChI is InChI=1S/C44H26N4O/c1-2-14-31-27(10-1)23-24-28-11-6-16-32(40(28)31)29-12-5-13-30(26-29)42-46-43(36-18-8-21-38-33(36)20-9-25-45-38)48-44(47-42)37-19-7-17-35-34-15-3-4-22-39(34)49-41(35)37/h1-26H. The Labute approximate surface area is 281 Å². The molecule has 7 aromatic carbocycles. The summed E-state index contributed by atoms with van der Waals surface area (Å²) in [7, 11) is 0. The normalized spacial score (nSPS) is 11.7. The van der Waals surface area contributed by atoms with Crippen molar-refractivity contribution in [2.24, 2.45) is 0 Å². The van der Waals surface area contributed by atoms with Crippen molar-refractivity contribution in [3.05, 3.63) is 158 Å². The van der Waals surface area contributed by atoms with Gasteiger partial charge in [0, 0.05) is 33.5 Å². The summed E-state index contributed by atoms with van der Waals surface area (Å²) in [5.41, 5.74) is 7.33. The van der Waals surface area contributed by atoms with Crippen molar-refractivity contribution in [2.75, 3.05) is 0 Å². The number of rotatable bonds is 4. The van der Waals surface area contributed by atoms with E-state index in [2.05, 4.69) is 102 Å². The molecule has 0 saturated heterocycles. The van der Waals surface area contributed by atoms with Gasteiger partial charge in [-0.2, -0.15) is 0 Å². The molecule has 0 aliphatic heterocycles. The molecule has 0 radical (unpaired) electrons. The predicted octanol–water partition coefficient (Wildman–Crippen LogP) is 11.3. The molecule has 0 bridgehead atoms. The molecule has 10 rings (SSSR count). The molecule has 0 spiro atoms. The Bertz CT molecular complexity index is 2900. The van der Waals surface area contributed by atoms with Crippen LogP contribution in [0.15, 0.2) is 162 Å². The topological polar surface area (TPSA) is 64.7 Å². The van der Waals surface area contributed by atoms with E-state index in [-0.39, 0.29) is 0 Å².